The Morgan fingerprint density at radius 1 is 1.35 bits per heavy atom. The van der Waals surface area contributed by atoms with Crippen molar-refractivity contribution in [3.63, 3.8) is 0 Å². The minimum absolute atomic E-state index is 0.135. The van der Waals surface area contributed by atoms with Crippen molar-refractivity contribution in [2.75, 3.05) is 13.2 Å². The van der Waals surface area contributed by atoms with Crippen molar-refractivity contribution in [3.05, 3.63) is 46.0 Å². The van der Waals surface area contributed by atoms with Crippen molar-refractivity contribution < 1.29 is 14.1 Å². The van der Waals surface area contributed by atoms with E-state index in [0.717, 1.165) is 12.8 Å². The zero-order valence-corrected chi connectivity index (χ0v) is 15.3. The van der Waals surface area contributed by atoms with Gasteiger partial charge in [-0.1, -0.05) is 19.0 Å². The average Bonchev–Trinajstić information content (AvgIpc) is 3.12. The van der Waals surface area contributed by atoms with Crippen LogP contribution in [0.25, 0.3) is 0 Å². The van der Waals surface area contributed by atoms with Gasteiger partial charge in [0.25, 0.3) is 11.5 Å². The second kappa shape index (κ2) is 7.82. The molecule has 1 aliphatic heterocycles. The molecule has 1 atom stereocenters. The van der Waals surface area contributed by atoms with Gasteiger partial charge >= 0.3 is 0 Å². The summed E-state index contributed by atoms with van der Waals surface area (Å²) in [6.45, 7) is 5.23. The van der Waals surface area contributed by atoms with Gasteiger partial charge in [0.2, 0.25) is 5.89 Å². The van der Waals surface area contributed by atoms with Crippen LogP contribution in [-0.2, 0) is 11.8 Å². The molecule has 2 aromatic heterocycles. The Morgan fingerprint density at radius 2 is 2.08 bits per heavy atom. The van der Waals surface area contributed by atoms with Gasteiger partial charge in [-0.3, -0.25) is 9.59 Å². The number of hydrogen-bond donors (Lipinski definition) is 1. The van der Waals surface area contributed by atoms with Crippen molar-refractivity contribution in [1.29, 1.82) is 0 Å². The Hall–Kier alpha value is -2.48. The Balaban J connectivity index is 1.85. The number of ether oxygens (including phenoxy) is 1. The number of carbonyl (C=O) groups excluding carboxylic acids is 1. The van der Waals surface area contributed by atoms with E-state index in [0.29, 0.717) is 30.5 Å². The van der Waals surface area contributed by atoms with E-state index in [-0.39, 0.29) is 23.3 Å². The quantitative estimate of drug-likeness (QED) is 0.873. The van der Waals surface area contributed by atoms with E-state index < -0.39 is 6.04 Å². The molecule has 0 spiro atoms. The molecule has 3 heterocycles. The molecule has 0 aromatic carbocycles. The number of aromatic nitrogens is 3. The molecule has 1 amide bonds. The molecule has 0 aliphatic carbocycles. The van der Waals surface area contributed by atoms with Gasteiger partial charge in [0.05, 0.1) is 0 Å². The van der Waals surface area contributed by atoms with Crippen LogP contribution in [0.1, 0.15) is 60.7 Å². The van der Waals surface area contributed by atoms with E-state index in [2.05, 4.69) is 15.5 Å². The molecular formula is C18H24N4O4. The van der Waals surface area contributed by atoms with E-state index in [9.17, 15) is 9.59 Å². The monoisotopic (exact) mass is 360 g/mol. The molecule has 26 heavy (non-hydrogen) atoms. The molecule has 1 aliphatic rings. The molecule has 0 radical (unpaired) electrons. The normalized spacial score (nSPS) is 16.6. The highest BCUT2D eigenvalue weighted by molar-refractivity contribution is 5.94. The Morgan fingerprint density at radius 3 is 2.69 bits per heavy atom. The summed E-state index contributed by atoms with van der Waals surface area (Å²) < 4.78 is 12.3. The highest BCUT2D eigenvalue weighted by Crippen LogP contribution is 2.30. The second-order valence-corrected chi connectivity index (χ2v) is 6.91. The number of amides is 1. The lowest BCUT2D eigenvalue weighted by atomic mass is 9.91. The van der Waals surface area contributed by atoms with Crippen molar-refractivity contribution in [2.24, 2.45) is 13.0 Å². The predicted molar refractivity (Wildman–Crippen MR) is 93.8 cm³/mol. The summed E-state index contributed by atoms with van der Waals surface area (Å²) in [6, 6.07) is 2.53. The van der Waals surface area contributed by atoms with Gasteiger partial charge in [-0.25, -0.2) is 0 Å². The van der Waals surface area contributed by atoms with Crippen LogP contribution in [0.3, 0.4) is 0 Å². The SMILES string of the molecule is CC(C)c1noc(C(NC(=O)c2ccn(C)c(=O)c2)C2CCOCC2)n1. The maximum absolute atomic E-state index is 12.7. The minimum atomic E-state index is -0.407. The van der Waals surface area contributed by atoms with E-state index in [1.165, 1.54) is 10.6 Å². The summed E-state index contributed by atoms with van der Waals surface area (Å²) in [6.07, 6.45) is 3.16. The van der Waals surface area contributed by atoms with Gasteiger partial charge in [0.1, 0.15) is 6.04 Å². The molecule has 1 unspecified atom stereocenters. The van der Waals surface area contributed by atoms with E-state index in [1.54, 1.807) is 19.3 Å². The predicted octanol–water partition coefficient (Wildman–Crippen LogP) is 1.79. The highest BCUT2D eigenvalue weighted by atomic mass is 16.5. The summed E-state index contributed by atoms with van der Waals surface area (Å²) >= 11 is 0. The molecule has 3 rings (SSSR count). The lowest BCUT2D eigenvalue weighted by Crippen LogP contribution is -2.36. The van der Waals surface area contributed by atoms with Gasteiger partial charge in [-0.05, 0) is 24.8 Å². The molecule has 1 N–H and O–H groups in total. The largest absolute Gasteiger partial charge is 0.381 e. The summed E-state index contributed by atoms with van der Waals surface area (Å²) in [7, 11) is 1.64. The lowest BCUT2D eigenvalue weighted by molar-refractivity contribution is 0.0467. The van der Waals surface area contributed by atoms with Crippen molar-refractivity contribution in [3.8, 4) is 0 Å². The molecule has 8 nitrogen and oxygen atoms in total. The summed E-state index contributed by atoms with van der Waals surface area (Å²) in [5, 5.41) is 6.99. The number of carbonyl (C=O) groups is 1. The number of nitrogens with zero attached hydrogens (tertiary/aromatic N) is 3. The van der Waals surface area contributed by atoms with Crippen LogP contribution in [-0.4, -0.2) is 33.8 Å². The maximum Gasteiger partial charge on any atom is 0.252 e. The van der Waals surface area contributed by atoms with Crippen LogP contribution in [0.5, 0.6) is 0 Å². The van der Waals surface area contributed by atoms with Crippen molar-refractivity contribution in [1.82, 2.24) is 20.0 Å². The third-order valence-electron chi connectivity index (χ3n) is 4.63. The first-order chi connectivity index (χ1) is 12.5. The summed E-state index contributed by atoms with van der Waals surface area (Å²) in [4.78, 5) is 29.0. The van der Waals surface area contributed by atoms with E-state index >= 15 is 0 Å². The van der Waals surface area contributed by atoms with Gasteiger partial charge in [0.15, 0.2) is 5.82 Å². The number of aryl methyl sites for hydroxylation is 1. The Bertz CT molecular complexity index is 821. The highest BCUT2D eigenvalue weighted by Gasteiger charge is 2.32. The van der Waals surface area contributed by atoms with Gasteiger partial charge in [-0.2, -0.15) is 4.98 Å². The van der Waals surface area contributed by atoms with E-state index in [1.807, 2.05) is 13.8 Å². The number of nitrogens with one attached hydrogen (secondary N) is 1. The molecular weight excluding hydrogens is 336 g/mol. The van der Waals surface area contributed by atoms with Gasteiger partial charge in [0, 0.05) is 44.0 Å². The van der Waals surface area contributed by atoms with E-state index in [4.69, 9.17) is 9.26 Å². The summed E-state index contributed by atoms with van der Waals surface area (Å²) in [5.41, 5.74) is 0.0777. The van der Waals surface area contributed by atoms with Crippen molar-refractivity contribution in [2.45, 2.75) is 38.6 Å². The fourth-order valence-corrected chi connectivity index (χ4v) is 2.95. The molecule has 0 saturated carbocycles. The first-order valence-electron chi connectivity index (χ1n) is 8.84. The van der Waals surface area contributed by atoms with Crippen LogP contribution in [0.15, 0.2) is 27.6 Å². The van der Waals surface area contributed by atoms with Gasteiger partial charge < -0.3 is 19.1 Å². The number of pyridine rings is 1. The summed E-state index contributed by atoms with van der Waals surface area (Å²) in [5.74, 6) is 0.955. The third-order valence-corrected chi connectivity index (χ3v) is 4.63. The maximum atomic E-state index is 12.7. The zero-order valence-electron chi connectivity index (χ0n) is 15.3. The fourth-order valence-electron chi connectivity index (χ4n) is 2.95. The first kappa shape index (κ1) is 18.3. The van der Waals surface area contributed by atoms with Crippen LogP contribution in [0.4, 0.5) is 0 Å². The molecule has 140 valence electrons. The smallest absolute Gasteiger partial charge is 0.252 e. The second-order valence-electron chi connectivity index (χ2n) is 6.91. The number of rotatable bonds is 5. The van der Waals surface area contributed by atoms with Gasteiger partial charge in [-0.15, -0.1) is 0 Å². The fraction of sp³-hybridized carbons (Fsp3) is 0.556. The Kier molecular flexibility index (Phi) is 5.51. The van der Waals surface area contributed by atoms with Crippen LogP contribution in [0, 0.1) is 5.92 Å². The topological polar surface area (TPSA) is 99.2 Å². The average molecular weight is 360 g/mol. The molecule has 0 bridgehead atoms. The van der Waals surface area contributed by atoms with Crippen LogP contribution >= 0.6 is 0 Å². The van der Waals surface area contributed by atoms with Crippen LogP contribution in [0.2, 0.25) is 0 Å². The molecule has 8 heteroatoms. The van der Waals surface area contributed by atoms with Crippen molar-refractivity contribution >= 4 is 5.91 Å². The standard InChI is InChI=1S/C18H24N4O4/c1-11(2)16-20-18(26-21-16)15(12-5-8-25-9-6-12)19-17(24)13-4-7-22(3)14(23)10-13/h4,7,10-12,15H,5-6,8-9H2,1-3H3,(H,19,24). The molecule has 2 aromatic rings. The zero-order chi connectivity index (χ0) is 18.7. The lowest BCUT2D eigenvalue weighted by Gasteiger charge is -2.28. The Labute approximate surface area is 151 Å². The third kappa shape index (κ3) is 4.01. The molecule has 1 saturated heterocycles. The first-order valence-corrected chi connectivity index (χ1v) is 8.84. The number of hydrogen-bond acceptors (Lipinski definition) is 6. The van der Waals surface area contributed by atoms with Crippen LogP contribution < -0.4 is 10.9 Å². The molecule has 1 fully saturated rings. The minimum Gasteiger partial charge on any atom is -0.381 e.